The van der Waals surface area contributed by atoms with E-state index in [0.29, 0.717) is 48.6 Å². The monoisotopic (exact) mass is 544 g/mol. The van der Waals surface area contributed by atoms with Crippen LogP contribution in [0.5, 0.6) is 17.5 Å². The lowest BCUT2D eigenvalue weighted by atomic mass is 10.1. The van der Waals surface area contributed by atoms with E-state index in [1.807, 2.05) is 30.3 Å². The molecule has 2 aromatic carbocycles. The van der Waals surface area contributed by atoms with Crippen LogP contribution in [0.3, 0.4) is 0 Å². The van der Waals surface area contributed by atoms with E-state index in [9.17, 15) is 18.0 Å². The van der Waals surface area contributed by atoms with Crippen LogP contribution in [0.15, 0.2) is 66.1 Å². The van der Waals surface area contributed by atoms with Crippen LogP contribution in [0.2, 0.25) is 0 Å². The van der Waals surface area contributed by atoms with E-state index in [1.165, 1.54) is 30.6 Å². The fourth-order valence-electron chi connectivity index (χ4n) is 3.82. The van der Waals surface area contributed by atoms with Crippen molar-refractivity contribution >= 4 is 11.8 Å². The van der Waals surface area contributed by atoms with Gasteiger partial charge in [-0.05, 0) is 49.2 Å². The summed E-state index contributed by atoms with van der Waals surface area (Å²) in [6, 6.07) is 14.8. The first-order valence-electron chi connectivity index (χ1n) is 12.2. The highest BCUT2D eigenvalue weighted by Gasteiger charge is 2.31. The van der Waals surface area contributed by atoms with E-state index in [-0.39, 0.29) is 30.4 Å². The third-order valence-electron chi connectivity index (χ3n) is 5.95. The smallest absolute Gasteiger partial charge is 0.474 e. The van der Waals surface area contributed by atoms with Gasteiger partial charge in [0.15, 0.2) is 0 Å². The van der Waals surface area contributed by atoms with Gasteiger partial charge >= 0.3 is 12.5 Å². The van der Waals surface area contributed by atoms with Crippen LogP contribution in [0.25, 0.3) is 0 Å². The number of ether oxygens (including phenoxy) is 3. The van der Waals surface area contributed by atoms with Gasteiger partial charge in [-0.15, -0.1) is 13.2 Å². The van der Waals surface area contributed by atoms with Gasteiger partial charge in [0.25, 0.3) is 5.88 Å². The Hall–Kier alpha value is -4.35. The number of piperidine rings is 1. The molecule has 1 fully saturated rings. The molecule has 12 heteroatoms. The van der Waals surface area contributed by atoms with Crippen molar-refractivity contribution < 1.29 is 37.0 Å². The molecule has 4 rings (SSSR count). The van der Waals surface area contributed by atoms with Crippen molar-refractivity contribution in [1.82, 2.24) is 14.9 Å². The predicted molar refractivity (Wildman–Crippen MR) is 135 cm³/mol. The van der Waals surface area contributed by atoms with Gasteiger partial charge < -0.3 is 23.9 Å². The number of likely N-dealkylation sites (tertiary alicyclic amines) is 1. The molecule has 0 radical (unpaired) electrons. The Bertz CT molecular complexity index is 1280. The summed E-state index contributed by atoms with van der Waals surface area (Å²) in [5, 5.41) is 4.04. The molecule has 1 aromatic heterocycles. The van der Waals surface area contributed by atoms with Crippen molar-refractivity contribution in [3.8, 4) is 17.5 Å². The van der Waals surface area contributed by atoms with Gasteiger partial charge in [-0.25, -0.2) is 9.78 Å². The topological polar surface area (TPSA) is 95.4 Å². The van der Waals surface area contributed by atoms with E-state index >= 15 is 0 Å². The second-order valence-electron chi connectivity index (χ2n) is 8.79. The van der Waals surface area contributed by atoms with Gasteiger partial charge in [-0.3, -0.25) is 0 Å². The molecule has 1 saturated heterocycles. The second-order valence-corrected chi connectivity index (χ2v) is 8.79. The summed E-state index contributed by atoms with van der Waals surface area (Å²) in [7, 11) is 0. The normalized spacial score (nSPS) is 14.6. The van der Waals surface area contributed by atoms with Crippen molar-refractivity contribution in [1.29, 1.82) is 0 Å². The quantitative estimate of drug-likeness (QED) is 0.267. The van der Waals surface area contributed by atoms with Crippen LogP contribution in [0, 0.1) is 6.92 Å². The Morgan fingerprint density at radius 3 is 2.36 bits per heavy atom. The maximum absolute atomic E-state index is 12.4. The number of oxime groups is 1. The molecule has 9 nitrogen and oxygen atoms in total. The molecule has 3 aromatic rings. The lowest BCUT2D eigenvalue weighted by Gasteiger charge is -2.31. The zero-order chi connectivity index (χ0) is 27.8. The van der Waals surface area contributed by atoms with Gasteiger partial charge in [0.2, 0.25) is 5.88 Å². The molecule has 1 aliphatic rings. The number of aromatic nitrogens is 2. The summed E-state index contributed by atoms with van der Waals surface area (Å²) >= 11 is 0. The first-order valence-corrected chi connectivity index (χ1v) is 12.2. The zero-order valence-corrected chi connectivity index (χ0v) is 21.4. The average molecular weight is 545 g/mol. The van der Waals surface area contributed by atoms with Crippen LogP contribution in [0.4, 0.5) is 18.0 Å². The number of nitrogens with zero attached hydrogens (tertiary/aromatic N) is 4. The molecule has 2 heterocycles. The van der Waals surface area contributed by atoms with E-state index in [4.69, 9.17) is 14.3 Å². The molecular weight excluding hydrogens is 517 g/mol. The number of hydrogen-bond donors (Lipinski definition) is 0. The molecule has 0 atom stereocenters. The highest BCUT2D eigenvalue weighted by molar-refractivity contribution is 5.98. The number of alkyl halides is 3. The third kappa shape index (κ3) is 8.06. The fraction of sp³-hybridized carbons (Fsp3) is 0.333. The largest absolute Gasteiger partial charge is 0.573 e. The number of rotatable bonds is 8. The Morgan fingerprint density at radius 2 is 1.69 bits per heavy atom. The number of halogens is 3. The van der Waals surface area contributed by atoms with Crippen molar-refractivity contribution in [3.05, 3.63) is 77.6 Å². The summed E-state index contributed by atoms with van der Waals surface area (Å²) in [5.41, 5.74) is 2.42. The molecule has 206 valence electrons. The minimum absolute atomic E-state index is 0.160. The molecule has 0 bridgehead atoms. The van der Waals surface area contributed by atoms with Gasteiger partial charge in [-0.2, -0.15) is 4.98 Å². The maximum atomic E-state index is 12.4. The minimum Gasteiger partial charge on any atom is -0.474 e. The first-order chi connectivity index (χ1) is 18.7. The molecule has 1 aliphatic heterocycles. The van der Waals surface area contributed by atoms with Gasteiger partial charge in [-0.1, -0.05) is 35.5 Å². The molecule has 1 amide bonds. The summed E-state index contributed by atoms with van der Waals surface area (Å²) in [6.07, 6.45) is -2.78. The van der Waals surface area contributed by atoms with Gasteiger partial charge in [0.1, 0.15) is 24.8 Å². The van der Waals surface area contributed by atoms with Gasteiger partial charge in [0.05, 0.1) is 11.3 Å². The van der Waals surface area contributed by atoms with Crippen molar-refractivity contribution in [2.75, 3.05) is 13.1 Å². The van der Waals surface area contributed by atoms with Crippen LogP contribution in [-0.2, 0) is 11.3 Å². The highest BCUT2D eigenvalue weighted by Crippen LogP contribution is 2.27. The number of hydrogen-bond acceptors (Lipinski definition) is 8. The number of carbonyl (C=O) groups excluding carboxylic acids is 1. The van der Waals surface area contributed by atoms with Crippen LogP contribution in [0.1, 0.15) is 36.5 Å². The third-order valence-corrected chi connectivity index (χ3v) is 5.95. The van der Waals surface area contributed by atoms with Crippen molar-refractivity contribution in [3.63, 3.8) is 0 Å². The SMILES string of the molecule is C/C(=N/Oc1ncnc(OC2CCN(C(=O)OCc3ccccc3)CC2)c1C)c1ccc(OC(F)(F)F)cc1. The minimum atomic E-state index is -4.76. The first kappa shape index (κ1) is 27.7. The van der Waals surface area contributed by atoms with Crippen LogP contribution < -0.4 is 14.3 Å². The summed E-state index contributed by atoms with van der Waals surface area (Å²) in [6.45, 7) is 4.57. The Morgan fingerprint density at radius 1 is 1.03 bits per heavy atom. The van der Waals surface area contributed by atoms with Crippen molar-refractivity contribution in [2.24, 2.45) is 5.16 Å². The summed E-state index contributed by atoms with van der Waals surface area (Å²) in [4.78, 5) is 27.8. The van der Waals surface area contributed by atoms with E-state index < -0.39 is 6.36 Å². The standard InChI is InChI=1S/C27H27F3N4O5/c1-18-24(37-22-12-14-34(15-13-22)26(35)36-16-20-6-4-3-5-7-20)31-17-32-25(18)39-33-19(2)21-8-10-23(11-9-21)38-27(28,29)30/h3-11,17,22H,12-16H2,1-2H3/b33-19-. The van der Waals surface area contributed by atoms with E-state index in [2.05, 4.69) is 19.9 Å². The highest BCUT2D eigenvalue weighted by atomic mass is 19.4. The van der Waals surface area contributed by atoms with Crippen LogP contribution >= 0.6 is 0 Å². The lowest BCUT2D eigenvalue weighted by molar-refractivity contribution is -0.274. The van der Waals surface area contributed by atoms with Gasteiger partial charge in [0, 0.05) is 25.9 Å². The average Bonchev–Trinajstić information content (AvgIpc) is 2.92. The molecule has 0 spiro atoms. The van der Waals surface area contributed by atoms with Crippen LogP contribution in [-0.4, -0.2) is 52.2 Å². The Kier molecular flexibility index (Phi) is 8.84. The van der Waals surface area contributed by atoms with Crippen molar-refractivity contribution in [2.45, 2.75) is 45.8 Å². The molecule has 0 unspecified atom stereocenters. The number of amides is 1. The number of carbonyl (C=O) groups is 1. The van der Waals surface area contributed by atoms with E-state index in [0.717, 1.165) is 5.56 Å². The molecule has 0 saturated carbocycles. The molecular formula is C27H27F3N4O5. The molecule has 39 heavy (non-hydrogen) atoms. The lowest BCUT2D eigenvalue weighted by Crippen LogP contribution is -2.42. The Balaban J connectivity index is 1.28. The number of benzene rings is 2. The zero-order valence-electron chi connectivity index (χ0n) is 21.4. The second kappa shape index (κ2) is 12.5. The predicted octanol–water partition coefficient (Wildman–Crippen LogP) is 5.67. The Labute approximate surface area is 223 Å². The summed E-state index contributed by atoms with van der Waals surface area (Å²) in [5.74, 6) is 0.188. The molecule has 0 aliphatic carbocycles. The van der Waals surface area contributed by atoms with E-state index in [1.54, 1.807) is 18.7 Å². The fourth-order valence-corrected chi connectivity index (χ4v) is 3.82. The summed E-state index contributed by atoms with van der Waals surface area (Å²) < 4.78 is 52.4. The molecule has 0 N–H and O–H groups in total. The maximum Gasteiger partial charge on any atom is 0.573 e.